The Morgan fingerprint density at radius 2 is 1.95 bits per heavy atom. The Morgan fingerprint density at radius 3 is 2.53 bits per heavy atom. The molecule has 1 aliphatic carbocycles. The number of aromatic nitrogens is 2. The molecule has 1 heterocycles. The van der Waals surface area contributed by atoms with Gasteiger partial charge in [0.1, 0.15) is 5.82 Å². The summed E-state index contributed by atoms with van der Waals surface area (Å²) in [5, 5.41) is 8.02. The van der Waals surface area contributed by atoms with Crippen molar-refractivity contribution >= 4 is 11.5 Å². The van der Waals surface area contributed by atoms with Gasteiger partial charge in [-0.15, -0.1) is 0 Å². The van der Waals surface area contributed by atoms with Gasteiger partial charge in [0.2, 0.25) is 0 Å². The number of rotatable bonds is 3. The van der Waals surface area contributed by atoms with Crippen LogP contribution in [0.25, 0.3) is 0 Å². The van der Waals surface area contributed by atoms with Crippen LogP contribution in [-0.4, -0.2) is 15.8 Å². The number of aryl methyl sites for hydroxylation is 2. The standard InChI is InChI=1S/C15H20N4/c1-3-19-15(14(16)10(2)18-19)17-13-8-11-6-4-5-7-12(11)9-13/h4-7,13,17H,3,8-9,16H2,1-2H3. The third kappa shape index (κ3) is 2.07. The van der Waals surface area contributed by atoms with Crippen molar-refractivity contribution in [2.75, 3.05) is 11.1 Å². The Balaban J connectivity index is 1.81. The largest absolute Gasteiger partial charge is 0.394 e. The Morgan fingerprint density at radius 1 is 1.32 bits per heavy atom. The van der Waals surface area contributed by atoms with Gasteiger partial charge in [-0.05, 0) is 37.8 Å². The molecule has 100 valence electrons. The van der Waals surface area contributed by atoms with Gasteiger partial charge >= 0.3 is 0 Å². The van der Waals surface area contributed by atoms with Gasteiger partial charge < -0.3 is 11.1 Å². The molecule has 0 bridgehead atoms. The quantitative estimate of drug-likeness (QED) is 0.886. The molecule has 1 aliphatic rings. The second-order valence-corrected chi connectivity index (χ2v) is 5.18. The second-order valence-electron chi connectivity index (χ2n) is 5.18. The normalized spacial score (nSPS) is 14.6. The molecule has 0 saturated carbocycles. The topological polar surface area (TPSA) is 55.9 Å². The van der Waals surface area contributed by atoms with Gasteiger partial charge in [0.25, 0.3) is 0 Å². The minimum atomic E-state index is 0.418. The summed E-state index contributed by atoms with van der Waals surface area (Å²) in [7, 11) is 0. The summed E-state index contributed by atoms with van der Waals surface area (Å²) in [6, 6.07) is 9.05. The van der Waals surface area contributed by atoms with Crippen LogP contribution in [0.3, 0.4) is 0 Å². The van der Waals surface area contributed by atoms with Crippen LogP contribution >= 0.6 is 0 Å². The van der Waals surface area contributed by atoms with E-state index < -0.39 is 0 Å². The summed E-state index contributed by atoms with van der Waals surface area (Å²) < 4.78 is 1.95. The third-order valence-corrected chi connectivity index (χ3v) is 3.87. The van der Waals surface area contributed by atoms with E-state index in [2.05, 4.69) is 41.6 Å². The number of nitrogens with two attached hydrogens (primary N) is 1. The Kier molecular flexibility index (Phi) is 2.93. The number of benzene rings is 1. The highest BCUT2D eigenvalue weighted by Crippen LogP contribution is 2.28. The predicted molar refractivity (Wildman–Crippen MR) is 78.3 cm³/mol. The van der Waals surface area contributed by atoms with Crippen molar-refractivity contribution in [3.63, 3.8) is 0 Å². The lowest BCUT2D eigenvalue weighted by atomic mass is 10.1. The van der Waals surface area contributed by atoms with Gasteiger partial charge in [-0.25, -0.2) is 4.68 Å². The summed E-state index contributed by atoms with van der Waals surface area (Å²) in [5.74, 6) is 0.970. The fraction of sp³-hybridized carbons (Fsp3) is 0.400. The molecule has 0 aliphatic heterocycles. The molecule has 0 spiro atoms. The van der Waals surface area contributed by atoms with Crippen molar-refractivity contribution in [2.45, 2.75) is 39.3 Å². The maximum Gasteiger partial charge on any atom is 0.148 e. The molecule has 2 aromatic rings. The molecule has 0 atom stereocenters. The minimum absolute atomic E-state index is 0.418. The number of anilines is 2. The molecule has 19 heavy (non-hydrogen) atoms. The van der Waals surface area contributed by atoms with E-state index in [0.29, 0.717) is 6.04 Å². The van der Waals surface area contributed by atoms with Crippen molar-refractivity contribution in [1.29, 1.82) is 0 Å². The highest BCUT2D eigenvalue weighted by Gasteiger charge is 2.23. The average molecular weight is 256 g/mol. The van der Waals surface area contributed by atoms with Crippen LogP contribution < -0.4 is 11.1 Å². The molecule has 1 aromatic carbocycles. The van der Waals surface area contributed by atoms with Crippen molar-refractivity contribution in [2.24, 2.45) is 0 Å². The SMILES string of the molecule is CCn1nc(C)c(N)c1NC1Cc2ccccc2C1. The first kappa shape index (κ1) is 12.1. The highest BCUT2D eigenvalue weighted by atomic mass is 15.3. The molecule has 0 fully saturated rings. The third-order valence-electron chi connectivity index (χ3n) is 3.87. The Hall–Kier alpha value is -1.97. The average Bonchev–Trinajstić information content (AvgIpc) is 2.94. The Labute approximate surface area is 113 Å². The van der Waals surface area contributed by atoms with Crippen LogP contribution in [-0.2, 0) is 19.4 Å². The number of nitrogens with one attached hydrogen (secondary N) is 1. The lowest BCUT2D eigenvalue weighted by molar-refractivity contribution is 0.645. The van der Waals surface area contributed by atoms with E-state index in [0.717, 1.165) is 36.6 Å². The van der Waals surface area contributed by atoms with Crippen LogP contribution in [0.4, 0.5) is 11.5 Å². The molecular weight excluding hydrogens is 236 g/mol. The number of nitrogens with zero attached hydrogens (tertiary/aromatic N) is 2. The number of hydrogen-bond acceptors (Lipinski definition) is 3. The molecule has 0 saturated heterocycles. The van der Waals surface area contributed by atoms with E-state index in [9.17, 15) is 0 Å². The zero-order valence-electron chi connectivity index (χ0n) is 11.5. The zero-order chi connectivity index (χ0) is 13.4. The maximum atomic E-state index is 6.12. The maximum absolute atomic E-state index is 6.12. The van der Waals surface area contributed by atoms with Gasteiger partial charge in [-0.3, -0.25) is 0 Å². The molecule has 1 aromatic heterocycles. The molecule has 3 N–H and O–H groups in total. The van der Waals surface area contributed by atoms with Gasteiger partial charge in [0.15, 0.2) is 0 Å². The van der Waals surface area contributed by atoms with Crippen molar-refractivity contribution in [1.82, 2.24) is 9.78 Å². The van der Waals surface area contributed by atoms with E-state index in [1.54, 1.807) is 0 Å². The van der Waals surface area contributed by atoms with Crippen molar-refractivity contribution < 1.29 is 0 Å². The van der Waals surface area contributed by atoms with E-state index >= 15 is 0 Å². The number of nitrogen functional groups attached to an aromatic ring is 1. The highest BCUT2D eigenvalue weighted by molar-refractivity contribution is 5.65. The first-order chi connectivity index (χ1) is 9.19. The first-order valence-corrected chi connectivity index (χ1v) is 6.85. The fourth-order valence-corrected chi connectivity index (χ4v) is 2.83. The van der Waals surface area contributed by atoms with E-state index in [1.807, 2.05) is 11.6 Å². The van der Waals surface area contributed by atoms with Crippen LogP contribution in [0, 0.1) is 6.92 Å². The lowest BCUT2D eigenvalue weighted by Crippen LogP contribution is -2.22. The van der Waals surface area contributed by atoms with Gasteiger partial charge in [-0.1, -0.05) is 24.3 Å². The summed E-state index contributed by atoms with van der Waals surface area (Å²) in [6.45, 7) is 4.87. The van der Waals surface area contributed by atoms with Crippen LogP contribution in [0.1, 0.15) is 23.7 Å². The molecule has 0 unspecified atom stereocenters. The number of hydrogen-bond donors (Lipinski definition) is 2. The molecular formula is C15H20N4. The number of fused-ring (bicyclic) bond motifs is 1. The molecule has 0 amide bonds. The minimum Gasteiger partial charge on any atom is -0.394 e. The van der Waals surface area contributed by atoms with Crippen LogP contribution in [0.5, 0.6) is 0 Å². The van der Waals surface area contributed by atoms with E-state index in [1.165, 1.54) is 11.1 Å². The second kappa shape index (κ2) is 4.61. The molecule has 4 heteroatoms. The fourth-order valence-electron chi connectivity index (χ4n) is 2.83. The van der Waals surface area contributed by atoms with E-state index in [-0.39, 0.29) is 0 Å². The summed E-state index contributed by atoms with van der Waals surface area (Å²) in [5.41, 5.74) is 10.7. The van der Waals surface area contributed by atoms with Crippen LogP contribution in [0.15, 0.2) is 24.3 Å². The molecule has 4 nitrogen and oxygen atoms in total. The van der Waals surface area contributed by atoms with E-state index in [4.69, 9.17) is 5.73 Å². The smallest absolute Gasteiger partial charge is 0.148 e. The first-order valence-electron chi connectivity index (χ1n) is 6.85. The van der Waals surface area contributed by atoms with Crippen LogP contribution in [0.2, 0.25) is 0 Å². The summed E-state index contributed by atoms with van der Waals surface area (Å²) in [6.07, 6.45) is 2.12. The van der Waals surface area contributed by atoms with Gasteiger partial charge in [0.05, 0.1) is 11.4 Å². The lowest BCUT2D eigenvalue weighted by Gasteiger charge is -2.15. The van der Waals surface area contributed by atoms with Crippen molar-refractivity contribution in [3.05, 3.63) is 41.1 Å². The summed E-state index contributed by atoms with van der Waals surface area (Å²) >= 11 is 0. The predicted octanol–water partition coefficient (Wildman–Crippen LogP) is 2.37. The zero-order valence-corrected chi connectivity index (χ0v) is 11.5. The Bertz CT molecular complexity index is 575. The molecule has 3 rings (SSSR count). The summed E-state index contributed by atoms with van der Waals surface area (Å²) in [4.78, 5) is 0. The monoisotopic (exact) mass is 256 g/mol. The van der Waals surface area contributed by atoms with Gasteiger partial charge in [0, 0.05) is 12.6 Å². The van der Waals surface area contributed by atoms with Gasteiger partial charge in [-0.2, -0.15) is 5.10 Å². The van der Waals surface area contributed by atoms with Crippen molar-refractivity contribution in [3.8, 4) is 0 Å². The molecule has 0 radical (unpaired) electrons.